The SMILES string of the molecule is Cc1ccc(S(=O)(=O)N2CCC(N)C2(C)C)cc1. The first-order valence-corrected chi connectivity index (χ1v) is 7.55. The van der Waals surface area contributed by atoms with Crippen LogP contribution in [-0.4, -0.2) is 30.8 Å². The van der Waals surface area contributed by atoms with Gasteiger partial charge in [-0.2, -0.15) is 4.31 Å². The first kappa shape index (κ1) is 13.5. The van der Waals surface area contributed by atoms with E-state index in [1.165, 1.54) is 4.31 Å². The third kappa shape index (κ3) is 2.06. The molecule has 0 aromatic heterocycles. The molecule has 0 saturated carbocycles. The summed E-state index contributed by atoms with van der Waals surface area (Å²) in [6.07, 6.45) is 0.706. The van der Waals surface area contributed by atoms with Crippen LogP contribution in [0.25, 0.3) is 0 Å². The molecule has 1 aromatic rings. The molecular weight excluding hydrogens is 248 g/mol. The van der Waals surface area contributed by atoms with Crippen LogP contribution in [0.5, 0.6) is 0 Å². The molecular formula is C13H20N2O2S. The Morgan fingerprint density at radius 2 is 1.83 bits per heavy atom. The number of hydrogen-bond donors (Lipinski definition) is 1. The van der Waals surface area contributed by atoms with Crippen LogP contribution < -0.4 is 5.73 Å². The molecule has 2 N–H and O–H groups in total. The third-order valence-corrected chi connectivity index (χ3v) is 5.90. The van der Waals surface area contributed by atoms with Crippen molar-refractivity contribution < 1.29 is 8.42 Å². The number of hydrogen-bond acceptors (Lipinski definition) is 3. The Bertz CT molecular complexity index is 535. The maximum absolute atomic E-state index is 12.6. The van der Waals surface area contributed by atoms with Crippen LogP contribution in [0.3, 0.4) is 0 Å². The molecule has 18 heavy (non-hydrogen) atoms. The predicted octanol–water partition coefficient (Wildman–Crippen LogP) is 1.50. The molecule has 1 fully saturated rings. The second-order valence-corrected chi connectivity index (χ2v) is 7.30. The molecule has 1 saturated heterocycles. The number of rotatable bonds is 2. The van der Waals surface area contributed by atoms with Crippen LogP contribution >= 0.6 is 0 Å². The van der Waals surface area contributed by atoms with E-state index in [4.69, 9.17) is 5.73 Å². The van der Waals surface area contributed by atoms with Crippen molar-refractivity contribution in [3.63, 3.8) is 0 Å². The Morgan fingerprint density at radius 1 is 1.28 bits per heavy atom. The van der Waals surface area contributed by atoms with Crippen molar-refractivity contribution in [2.75, 3.05) is 6.54 Å². The van der Waals surface area contributed by atoms with Gasteiger partial charge in [-0.1, -0.05) is 17.7 Å². The van der Waals surface area contributed by atoms with Crippen molar-refractivity contribution in [3.05, 3.63) is 29.8 Å². The summed E-state index contributed by atoms with van der Waals surface area (Å²) in [7, 11) is -3.44. The van der Waals surface area contributed by atoms with Crippen molar-refractivity contribution >= 4 is 10.0 Å². The first-order valence-electron chi connectivity index (χ1n) is 6.11. The molecule has 0 amide bonds. The molecule has 2 rings (SSSR count). The zero-order chi connectivity index (χ0) is 13.6. The van der Waals surface area contributed by atoms with Gasteiger partial charge in [-0.05, 0) is 39.3 Å². The van der Waals surface area contributed by atoms with Crippen molar-refractivity contribution in [2.24, 2.45) is 5.73 Å². The van der Waals surface area contributed by atoms with Crippen LogP contribution in [0.15, 0.2) is 29.2 Å². The number of nitrogens with two attached hydrogens (primary N) is 1. The van der Waals surface area contributed by atoms with Gasteiger partial charge in [-0.15, -0.1) is 0 Å². The van der Waals surface area contributed by atoms with E-state index in [-0.39, 0.29) is 6.04 Å². The zero-order valence-corrected chi connectivity index (χ0v) is 11.9. The van der Waals surface area contributed by atoms with Crippen molar-refractivity contribution in [2.45, 2.75) is 43.7 Å². The monoisotopic (exact) mass is 268 g/mol. The summed E-state index contributed by atoms with van der Waals surface area (Å²) in [5.41, 5.74) is 6.52. The maximum atomic E-state index is 12.6. The smallest absolute Gasteiger partial charge is 0.243 e. The molecule has 100 valence electrons. The Balaban J connectivity index is 2.41. The number of aryl methyl sites for hydroxylation is 1. The highest BCUT2D eigenvalue weighted by Gasteiger charge is 2.45. The van der Waals surface area contributed by atoms with Gasteiger partial charge in [0.2, 0.25) is 10.0 Å². The normalized spacial score (nSPS) is 24.3. The van der Waals surface area contributed by atoms with Gasteiger partial charge in [-0.25, -0.2) is 8.42 Å². The van der Waals surface area contributed by atoms with E-state index in [0.717, 1.165) is 5.56 Å². The number of benzene rings is 1. The van der Waals surface area contributed by atoms with Crippen molar-refractivity contribution in [3.8, 4) is 0 Å². The maximum Gasteiger partial charge on any atom is 0.243 e. The summed E-state index contributed by atoms with van der Waals surface area (Å²) in [6.45, 7) is 6.20. The Kier molecular flexibility index (Phi) is 3.25. The summed E-state index contributed by atoms with van der Waals surface area (Å²) < 4.78 is 26.7. The fraction of sp³-hybridized carbons (Fsp3) is 0.538. The molecule has 1 heterocycles. The fourth-order valence-electron chi connectivity index (χ4n) is 2.35. The Hall–Kier alpha value is -0.910. The molecule has 0 spiro atoms. The van der Waals surface area contributed by atoms with Gasteiger partial charge in [0.25, 0.3) is 0 Å². The van der Waals surface area contributed by atoms with Crippen LogP contribution in [0.1, 0.15) is 25.8 Å². The minimum Gasteiger partial charge on any atom is -0.326 e. The quantitative estimate of drug-likeness (QED) is 0.884. The van der Waals surface area contributed by atoms with E-state index in [1.807, 2.05) is 32.9 Å². The first-order chi connectivity index (χ1) is 8.26. The summed E-state index contributed by atoms with van der Waals surface area (Å²) in [4.78, 5) is 0.343. The predicted molar refractivity (Wildman–Crippen MR) is 71.7 cm³/mol. The average molecular weight is 268 g/mol. The van der Waals surface area contributed by atoms with Gasteiger partial charge in [0.05, 0.1) is 4.90 Å². The molecule has 1 aliphatic heterocycles. The molecule has 0 aliphatic carbocycles. The van der Waals surface area contributed by atoms with Gasteiger partial charge >= 0.3 is 0 Å². The lowest BCUT2D eigenvalue weighted by Crippen LogP contribution is -2.50. The zero-order valence-electron chi connectivity index (χ0n) is 11.1. The molecule has 1 unspecified atom stereocenters. The van der Waals surface area contributed by atoms with E-state index < -0.39 is 15.6 Å². The Morgan fingerprint density at radius 3 is 2.28 bits per heavy atom. The number of sulfonamides is 1. The highest BCUT2D eigenvalue weighted by molar-refractivity contribution is 7.89. The van der Waals surface area contributed by atoms with Crippen LogP contribution in [0, 0.1) is 6.92 Å². The van der Waals surface area contributed by atoms with Gasteiger partial charge in [0.15, 0.2) is 0 Å². The van der Waals surface area contributed by atoms with Crippen LogP contribution in [0.4, 0.5) is 0 Å². The minimum atomic E-state index is -3.44. The molecule has 1 aromatic carbocycles. The lowest BCUT2D eigenvalue weighted by Gasteiger charge is -2.33. The summed E-state index contributed by atoms with van der Waals surface area (Å²) in [6, 6.07) is 6.83. The van der Waals surface area contributed by atoms with E-state index in [0.29, 0.717) is 17.9 Å². The Labute approximate surface area is 109 Å². The molecule has 4 nitrogen and oxygen atoms in total. The van der Waals surface area contributed by atoms with E-state index in [1.54, 1.807) is 12.1 Å². The lowest BCUT2D eigenvalue weighted by molar-refractivity contribution is 0.270. The summed E-state index contributed by atoms with van der Waals surface area (Å²) in [5.74, 6) is 0. The van der Waals surface area contributed by atoms with Gasteiger partial charge in [0.1, 0.15) is 0 Å². The minimum absolute atomic E-state index is 0.113. The molecule has 5 heteroatoms. The topological polar surface area (TPSA) is 63.4 Å². The fourth-order valence-corrected chi connectivity index (χ4v) is 4.19. The van der Waals surface area contributed by atoms with E-state index in [2.05, 4.69) is 0 Å². The van der Waals surface area contributed by atoms with E-state index >= 15 is 0 Å². The van der Waals surface area contributed by atoms with Crippen LogP contribution in [-0.2, 0) is 10.0 Å². The highest BCUT2D eigenvalue weighted by Crippen LogP contribution is 2.33. The van der Waals surface area contributed by atoms with Gasteiger partial charge < -0.3 is 5.73 Å². The van der Waals surface area contributed by atoms with Gasteiger partial charge in [-0.3, -0.25) is 0 Å². The van der Waals surface area contributed by atoms with E-state index in [9.17, 15) is 8.42 Å². The summed E-state index contributed by atoms with van der Waals surface area (Å²) >= 11 is 0. The second kappa shape index (κ2) is 4.33. The van der Waals surface area contributed by atoms with Gasteiger partial charge in [0, 0.05) is 18.1 Å². The highest BCUT2D eigenvalue weighted by atomic mass is 32.2. The standard InChI is InChI=1S/C13H20N2O2S/c1-10-4-6-11(7-5-10)18(16,17)15-9-8-12(14)13(15,2)3/h4-7,12H,8-9,14H2,1-3H3. The third-order valence-electron chi connectivity index (χ3n) is 3.80. The van der Waals surface area contributed by atoms with Crippen LogP contribution in [0.2, 0.25) is 0 Å². The molecule has 1 aliphatic rings. The lowest BCUT2D eigenvalue weighted by atomic mass is 9.98. The molecule has 0 radical (unpaired) electrons. The molecule has 1 atom stereocenters. The van der Waals surface area contributed by atoms with Crippen molar-refractivity contribution in [1.29, 1.82) is 0 Å². The molecule has 0 bridgehead atoms. The average Bonchev–Trinajstić information content (AvgIpc) is 2.55. The summed E-state index contributed by atoms with van der Waals surface area (Å²) in [5, 5.41) is 0. The second-order valence-electron chi connectivity index (χ2n) is 5.44. The number of nitrogens with zero attached hydrogens (tertiary/aromatic N) is 1. The largest absolute Gasteiger partial charge is 0.326 e. The van der Waals surface area contributed by atoms with Crippen molar-refractivity contribution in [1.82, 2.24) is 4.31 Å².